The van der Waals surface area contributed by atoms with Gasteiger partial charge in [-0.05, 0) is 79.8 Å². The molecule has 0 unspecified atom stereocenters. The molecule has 3 aromatic rings. The summed E-state index contributed by atoms with van der Waals surface area (Å²) in [7, 11) is 0. The van der Waals surface area contributed by atoms with Crippen molar-refractivity contribution in [3.63, 3.8) is 0 Å². The smallest absolute Gasteiger partial charge is 0.251 e. The van der Waals surface area contributed by atoms with Crippen molar-refractivity contribution in [1.82, 2.24) is 10.6 Å². The maximum atomic E-state index is 13.3. The van der Waals surface area contributed by atoms with Gasteiger partial charge in [0.25, 0.3) is 5.91 Å². The topological polar surface area (TPSA) is 102 Å². The van der Waals surface area contributed by atoms with E-state index in [1.807, 2.05) is 38.1 Å². The standard InChI is InChI=1S/C28H33FN2O4/c1-28(2,31-17-26(34)21-9-10-25(33)23(15-21)18-32)16-20-6-3-7-22(13-20)27(35)30-12-11-19-5-4-8-24(29)14-19/h3-10,13-15,26,31-34H,11-12,16-18H2,1-2H3,(H,30,35)/t26-/m0/s1. The number of hydrogen-bond donors (Lipinski definition) is 5. The van der Waals surface area contributed by atoms with Gasteiger partial charge >= 0.3 is 0 Å². The van der Waals surface area contributed by atoms with Crippen molar-refractivity contribution >= 4 is 5.91 Å². The second kappa shape index (κ2) is 11.9. The minimum Gasteiger partial charge on any atom is -0.508 e. The molecule has 35 heavy (non-hydrogen) atoms. The van der Waals surface area contributed by atoms with E-state index in [0.29, 0.717) is 36.1 Å². The van der Waals surface area contributed by atoms with E-state index in [4.69, 9.17) is 0 Å². The molecule has 0 fully saturated rings. The maximum absolute atomic E-state index is 13.3. The molecule has 0 bridgehead atoms. The second-order valence-electron chi connectivity index (χ2n) is 9.34. The summed E-state index contributed by atoms with van der Waals surface area (Å²) in [4.78, 5) is 12.6. The van der Waals surface area contributed by atoms with Crippen LogP contribution in [0, 0.1) is 5.82 Å². The van der Waals surface area contributed by atoms with Crippen molar-refractivity contribution in [3.05, 3.63) is 100 Å². The number of aliphatic hydroxyl groups excluding tert-OH is 2. The molecule has 3 rings (SSSR count). The van der Waals surface area contributed by atoms with Crippen LogP contribution >= 0.6 is 0 Å². The molecule has 0 aromatic heterocycles. The van der Waals surface area contributed by atoms with Crippen LogP contribution < -0.4 is 10.6 Å². The van der Waals surface area contributed by atoms with Crippen LogP contribution in [0.15, 0.2) is 66.7 Å². The van der Waals surface area contributed by atoms with Crippen LogP contribution in [0.2, 0.25) is 0 Å². The zero-order valence-corrected chi connectivity index (χ0v) is 20.1. The number of aromatic hydroxyl groups is 1. The van der Waals surface area contributed by atoms with E-state index in [9.17, 15) is 24.5 Å². The van der Waals surface area contributed by atoms with Crippen molar-refractivity contribution in [3.8, 4) is 5.75 Å². The van der Waals surface area contributed by atoms with Gasteiger partial charge in [0.15, 0.2) is 0 Å². The SMILES string of the molecule is CC(C)(Cc1cccc(C(=O)NCCc2cccc(F)c2)c1)NC[C@H](O)c1ccc(O)c(CO)c1. The Bertz CT molecular complexity index is 1150. The third-order valence-corrected chi connectivity index (χ3v) is 5.86. The first-order valence-corrected chi connectivity index (χ1v) is 11.6. The van der Waals surface area contributed by atoms with E-state index in [0.717, 1.165) is 11.1 Å². The number of rotatable bonds is 11. The average Bonchev–Trinajstić information content (AvgIpc) is 2.83. The predicted molar refractivity (Wildman–Crippen MR) is 134 cm³/mol. The zero-order chi connectivity index (χ0) is 25.4. The molecule has 0 aliphatic heterocycles. The Morgan fingerprint density at radius 1 is 1.03 bits per heavy atom. The number of nitrogens with one attached hydrogen (secondary N) is 2. The summed E-state index contributed by atoms with van der Waals surface area (Å²) in [5.74, 6) is -0.477. The summed E-state index contributed by atoms with van der Waals surface area (Å²) >= 11 is 0. The maximum Gasteiger partial charge on any atom is 0.251 e. The number of hydrogen-bond acceptors (Lipinski definition) is 5. The quantitative estimate of drug-likeness (QED) is 0.288. The van der Waals surface area contributed by atoms with Crippen molar-refractivity contribution in [2.75, 3.05) is 13.1 Å². The summed E-state index contributed by atoms with van der Waals surface area (Å²) in [6.07, 6.45) is 0.362. The van der Waals surface area contributed by atoms with Crippen molar-refractivity contribution in [2.24, 2.45) is 0 Å². The van der Waals surface area contributed by atoms with Gasteiger partial charge in [-0.1, -0.05) is 30.3 Å². The lowest BCUT2D eigenvalue weighted by atomic mass is 9.93. The molecule has 1 amide bonds. The molecule has 5 N–H and O–H groups in total. The third kappa shape index (κ3) is 7.89. The Morgan fingerprint density at radius 2 is 1.77 bits per heavy atom. The monoisotopic (exact) mass is 480 g/mol. The van der Waals surface area contributed by atoms with Crippen LogP contribution in [0.1, 0.15) is 52.6 Å². The Balaban J connectivity index is 1.53. The minimum atomic E-state index is -0.810. The van der Waals surface area contributed by atoms with Crippen molar-refractivity contribution in [1.29, 1.82) is 0 Å². The fraction of sp³-hybridized carbons (Fsp3) is 0.321. The fourth-order valence-corrected chi connectivity index (χ4v) is 3.94. The Kier molecular flexibility index (Phi) is 8.98. The van der Waals surface area contributed by atoms with Crippen LogP contribution in [0.3, 0.4) is 0 Å². The van der Waals surface area contributed by atoms with Crippen LogP contribution in [0.25, 0.3) is 0 Å². The molecule has 0 saturated heterocycles. The number of β-amino-alcohol motifs (C(OH)–C–C–N with tert-alkyl or cyclic N) is 1. The summed E-state index contributed by atoms with van der Waals surface area (Å²) in [5.41, 5.74) is 2.96. The third-order valence-electron chi connectivity index (χ3n) is 5.86. The van der Waals surface area contributed by atoms with Gasteiger partial charge in [-0.15, -0.1) is 0 Å². The Labute approximate surface area is 205 Å². The lowest BCUT2D eigenvalue weighted by Gasteiger charge is -2.28. The summed E-state index contributed by atoms with van der Waals surface area (Å²) in [6.45, 7) is 4.42. The van der Waals surface area contributed by atoms with E-state index in [2.05, 4.69) is 10.6 Å². The lowest BCUT2D eigenvalue weighted by molar-refractivity contribution is 0.0954. The molecule has 0 heterocycles. The predicted octanol–water partition coefficient (Wildman–Crippen LogP) is 3.64. The molecular formula is C28H33FN2O4. The molecule has 0 spiro atoms. The van der Waals surface area contributed by atoms with Gasteiger partial charge in [0.2, 0.25) is 0 Å². The molecule has 0 radical (unpaired) electrons. The van der Waals surface area contributed by atoms with Gasteiger partial charge in [-0.3, -0.25) is 4.79 Å². The first-order valence-electron chi connectivity index (χ1n) is 11.6. The van der Waals surface area contributed by atoms with E-state index in [-0.39, 0.29) is 36.2 Å². The van der Waals surface area contributed by atoms with E-state index < -0.39 is 6.10 Å². The molecule has 3 aromatic carbocycles. The summed E-state index contributed by atoms with van der Waals surface area (Å²) in [5, 5.41) is 35.8. The molecular weight excluding hydrogens is 447 g/mol. The zero-order valence-electron chi connectivity index (χ0n) is 20.1. The number of carbonyl (C=O) groups is 1. The Morgan fingerprint density at radius 3 is 2.51 bits per heavy atom. The number of amides is 1. The van der Waals surface area contributed by atoms with Crippen molar-refractivity contribution in [2.45, 2.75) is 44.9 Å². The number of halogens is 1. The number of aliphatic hydroxyl groups is 2. The highest BCUT2D eigenvalue weighted by Gasteiger charge is 2.21. The van der Waals surface area contributed by atoms with Crippen molar-refractivity contribution < 1.29 is 24.5 Å². The second-order valence-corrected chi connectivity index (χ2v) is 9.34. The van der Waals surface area contributed by atoms with Gasteiger partial charge in [0.05, 0.1) is 12.7 Å². The molecule has 7 heteroatoms. The van der Waals surface area contributed by atoms with E-state index in [1.54, 1.807) is 24.3 Å². The molecule has 6 nitrogen and oxygen atoms in total. The highest BCUT2D eigenvalue weighted by Crippen LogP contribution is 2.23. The summed E-state index contributed by atoms with van der Waals surface area (Å²) in [6, 6.07) is 18.4. The lowest BCUT2D eigenvalue weighted by Crippen LogP contribution is -2.43. The van der Waals surface area contributed by atoms with Crippen LogP contribution in [-0.2, 0) is 19.4 Å². The van der Waals surface area contributed by atoms with Gasteiger partial charge in [0, 0.05) is 29.8 Å². The number of benzene rings is 3. The van der Waals surface area contributed by atoms with Crippen LogP contribution in [-0.4, -0.2) is 39.9 Å². The van der Waals surface area contributed by atoms with Gasteiger partial charge in [-0.25, -0.2) is 4.39 Å². The molecule has 0 saturated carbocycles. The van der Waals surface area contributed by atoms with Gasteiger partial charge in [-0.2, -0.15) is 0 Å². The first-order chi connectivity index (χ1) is 16.7. The molecule has 186 valence electrons. The highest BCUT2D eigenvalue weighted by atomic mass is 19.1. The van der Waals surface area contributed by atoms with Crippen LogP contribution in [0.5, 0.6) is 5.75 Å². The van der Waals surface area contributed by atoms with Gasteiger partial charge in [0.1, 0.15) is 11.6 Å². The highest BCUT2D eigenvalue weighted by molar-refractivity contribution is 5.94. The van der Waals surface area contributed by atoms with Crippen LogP contribution in [0.4, 0.5) is 4.39 Å². The van der Waals surface area contributed by atoms with E-state index in [1.165, 1.54) is 18.2 Å². The normalized spacial score (nSPS) is 12.4. The largest absolute Gasteiger partial charge is 0.508 e. The fourth-order valence-electron chi connectivity index (χ4n) is 3.94. The van der Waals surface area contributed by atoms with Gasteiger partial charge < -0.3 is 26.0 Å². The average molecular weight is 481 g/mol. The minimum absolute atomic E-state index is 0.00498. The molecule has 1 atom stereocenters. The first kappa shape index (κ1) is 26.3. The Hall–Kier alpha value is -3.26. The number of phenols is 1. The van der Waals surface area contributed by atoms with E-state index >= 15 is 0 Å². The molecule has 0 aliphatic carbocycles. The summed E-state index contributed by atoms with van der Waals surface area (Å²) < 4.78 is 13.3. The molecule has 0 aliphatic rings. The number of carbonyl (C=O) groups excluding carboxylic acids is 1.